The number of anilines is 1. The number of aromatic nitrogens is 4. The van der Waals surface area contributed by atoms with Crippen LogP contribution in [-0.2, 0) is 0 Å². The van der Waals surface area contributed by atoms with E-state index < -0.39 is 5.91 Å². The Morgan fingerprint density at radius 2 is 2.17 bits per heavy atom. The van der Waals surface area contributed by atoms with Gasteiger partial charge in [-0.3, -0.25) is 4.79 Å². The summed E-state index contributed by atoms with van der Waals surface area (Å²) < 4.78 is 10.8. The fourth-order valence-electron chi connectivity index (χ4n) is 2.45. The minimum absolute atomic E-state index is 0.0371. The monoisotopic (exact) mass is 314 g/mol. The molecule has 1 aliphatic rings. The minimum atomic E-state index is -0.673. The molecule has 3 N–H and O–H groups in total. The average Bonchev–Trinajstić information content (AvgIpc) is 2.94. The van der Waals surface area contributed by atoms with Crippen LogP contribution in [0.2, 0.25) is 0 Å². The fourth-order valence-corrected chi connectivity index (χ4v) is 2.45. The van der Waals surface area contributed by atoms with Crippen LogP contribution in [0.25, 0.3) is 22.8 Å². The molecule has 1 saturated carbocycles. The van der Waals surface area contributed by atoms with Crippen molar-refractivity contribution in [3.05, 3.63) is 17.8 Å². The van der Waals surface area contributed by atoms with Crippen molar-refractivity contribution >= 4 is 22.8 Å². The van der Waals surface area contributed by atoms with Gasteiger partial charge in [-0.1, -0.05) is 0 Å². The normalized spacial score (nSPS) is 15.7. The number of aryl methyl sites for hydroxylation is 1. The van der Waals surface area contributed by atoms with Gasteiger partial charge in [-0.05, 0) is 26.7 Å². The number of nitrogens with one attached hydrogen (secondary N) is 1. The van der Waals surface area contributed by atoms with Gasteiger partial charge in [-0.2, -0.15) is 4.98 Å². The molecule has 0 radical (unpaired) electrons. The second-order valence-corrected chi connectivity index (χ2v) is 5.90. The zero-order chi connectivity index (χ0) is 16.2. The number of nitrogens with zero attached hydrogens (tertiary/aromatic N) is 4. The van der Waals surface area contributed by atoms with Crippen molar-refractivity contribution in [3.8, 4) is 11.7 Å². The average molecular weight is 314 g/mol. The summed E-state index contributed by atoms with van der Waals surface area (Å²) in [5, 5.41) is 11.2. The lowest BCUT2D eigenvalue weighted by molar-refractivity contribution is 0.100. The SMILES string of the molecule is Cc1nc(NC2(C)CC2)c2c(C(N)=O)c(-c3nnco3)oc2n1. The largest absolute Gasteiger partial charge is 0.431 e. The van der Waals surface area contributed by atoms with Crippen molar-refractivity contribution in [3.63, 3.8) is 0 Å². The number of nitrogens with two attached hydrogens (primary N) is 1. The maximum Gasteiger partial charge on any atom is 0.284 e. The first-order valence-electron chi connectivity index (χ1n) is 7.12. The molecule has 0 aromatic carbocycles. The van der Waals surface area contributed by atoms with Crippen LogP contribution in [-0.4, -0.2) is 31.6 Å². The van der Waals surface area contributed by atoms with E-state index in [-0.39, 0.29) is 28.5 Å². The number of rotatable bonds is 4. The van der Waals surface area contributed by atoms with Crippen LogP contribution in [0.4, 0.5) is 5.82 Å². The highest BCUT2D eigenvalue weighted by molar-refractivity contribution is 6.12. The smallest absolute Gasteiger partial charge is 0.284 e. The molecule has 23 heavy (non-hydrogen) atoms. The third-order valence-electron chi connectivity index (χ3n) is 3.88. The molecule has 4 rings (SSSR count). The van der Waals surface area contributed by atoms with Gasteiger partial charge in [0, 0.05) is 5.54 Å². The molecule has 1 fully saturated rings. The highest BCUT2D eigenvalue weighted by Gasteiger charge is 2.39. The molecule has 1 aliphatic carbocycles. The van der Waals surface area contributed by atoms with Crippen LogP contribution < -0.4 is 11.1 Å². The molecule has 0 saturated heterocycles. The van der Waals surface area contributed by atoms with E-state index in [0.29, 0.717) is 17.0 Å². The number of hydrogen-bond donors (Lipinski definition) is 2. The minimum Gasteiger partial charge on any atom is -0.431 e. The molecule has 1 amide bonds. The summed E-state index contributed by atoms with van der Waals surface area (Å²) >= 11 is 0. The number of carbonyl (C=O) groups excluding carboxylic acids is 1. The number of furan rings is 1. The molecule has 3 aromatic rings. The van der Waals surface area contributed by atoms with Crippen LogP contribution in [0, 0.1) is 6.92 Å². The lowest BCUT2D eigenvalue weighted by Crippen LogP contribution is -2.19. The topological polar surface area (TPSA) is 133 Å². The number of hydrogen-bond acceptors (Lipinski definition) is 8. The number of fused-ring (bicyclic) bond motifs is 1. The first-order chi connectivity index (χ1) is 11.0. The quantitative estimate of drug-likeness (QED) is 0.742. The molecule has 3 heterocycles. The Morgan fingerprint density at radius 3 is 2.78 bits per heavy atom. The van der Waals surface area contributed by atoms with Gasteiger partial charge in [0.05, 0.1) is 5.39 Å². The molecule has 0 aliphatic heterocycles. The van der Waals surface area contributed by atoms with E-state index in [1.807, 2.05) is 0 Å². The molecule has 9 nitrogen and oxygen atoms in total. The first kappa shape index (κ1) is 13.7. The lowest BCUT2D eigenvalue weighted by atomic mass is 10.1. The zero-order valence-corrected chi connectivity index (χ0v) is 12.6. The predicted molar refractivity (Wildman–Crippen MR) is 79.6 cm³/mol. The van der Waals surface area contributed by atoms with Crippen molar-refractivity contribution in [2.75, 3.05) is 5.32 Å². The van der Waals surface area contributed by atoms with E-state index in [9.17, 15) is 4.79 Å². The zero-order valence-electron chi connectivity index (χ0n) is 12.6. The fraction of sp³-hybridized carbons (Fsp3) is 0.357. The van der Waals surface area contributed by atoms with Crippen LogP contribution in [0.3, 0.4) is 0 Å². The molecule has 0 spiro atoms. The molecule has 0 bridgehead atoms. The van der Waals surface area contributed by atoms with Crippen molar-refractivity contribution < 1.29 is 13.6 Å². The van der Waals surface area contributed by atoms with E-state index in [0.717, 1.165) is 19.2 Å². The summed E-state index contributed by atoms with van der Waals surface area (Å²) in [7, 11) is 0. The summed E-state index contributed by atoms with van der Waals surface area (Å²) in [6.45, 7) is 3.83. The van der Waals surface area contributed by atoms with Crippen LogP contribution in [0.1, 0.15) is 35.9 Å². The molecular formula is C14H14N6O3. The number of carbonyl (C=O) groups is 1. The van der Waals surface area contributed by atoms with Gasteiger partial charge in [0.1, 0.15) is 17.2 Å². The van der Waals surface area contributed by atoms with Crippen LogP contribution in [0.15, 0.2) is 15.2 Å². The maximum atomic E-state index is 12.0. The standard InChI is InChI=1S/C14H14N6O3/c1-6-17-11(19-14(2)3-4-14)8-7(10(15)21)9(23-12(8)18-6)13-20-16-5-22-13/h5H,3-4H2,1-2H3,(H2,15,21)(H,17,18,19). The summed E-state index contributed by atoms with van der Waals surface area (Å²) in [6, 6.07) is 0. The van der Waals surface area contributed by atoms with Gasteiger partial charge in [0.2, 0.25) is 17.9 Å². The Bertz CT molecular complexity index is 910. The van der Waals surface area contributed by atoms with Gasteiger partial charge in [-0.25, -0.2) is 4.98 Å². The van der Waals surface area contributed by atoms with Gasteiger partial charge in [0.15, 0.2) is 0 Å². The molecule has 118 valence electrons. The van der Waals surface area contributed by atoms with E-state index in [2.05, 4.69) is 32.4 Å². The van der Waals surface area contributed by atoms with E-state index in [1.165, 1.54) is 0 Å². The highest BCUT2D eigenvalue weighted by Crippen LogP contribution is 2.41. The third kappa shape index (κ3) is 2.20. The van der Waals surface area contributed by atoms with Crippen molar-refractivity contribution in [1.82, 2.24) is 20.2 Å². The van der Waals surface area contributed by atoms with Crippen molar-refractivity contribution in [2.45, 2.75) is 32.2 Å². The third-order valence-corrected chi connectivity index (χ3v) is 3.88. The summed E-state index contributed by atoms with van der Waals surface area (Å²) in [5.41, 5.74) is 5.90. The Kier molecular flexibility index (Phi) is 2.68. The van der Waals surface area contributed by atoms with Gasteiger partial charge >= 0.3 is 0 Å². The van der Waals surface area contributed by atoms with Gasteiger partial charge in [-0.15, -0.1) is 10.2 Å². The van der Waals surface area contributed by atoms with Crippen LogP contribution >= 0.6 is 0 Å². The first-order valence-corrected chi connectivity index (χ1v) is 7.12. The Morgan fingerprint density at radius 1 is 1.39 bits per heavy atom. The molecular weight excluding hydrogens is 300 g/mol. The molecule has 0 unspecified atom stereocenters. The van der Waals surface area contributed by atoms with Gasteiger partial charge in [0.25, 0.3) is 11.8 Å². The summed E-state index contributed by atoms with van der Waals surface area (Å²) in [4.78, 5) is 20.7. The summed E-state index contributed by atoms with van der Waals surface area (Å²) in [5.74, 6) is 0.544. The number of primary amides is 1. The van der Waals surface area contributed by atoms with E-state index >= 15 is 0 Å². The van der Waals surface area contributed by atoms with Crippen molar-refractivity contribution in [2.24, 2.45) is 5.73 Å². The van der Waals surface area contributed by atoms with E-state index in [4.69, 9.17) is 14.6 Å². The van der Waals surface area contributed by atoms with Gasteiger partial charge < -0.3 is 19.9 Å². The molecule has 3 aromatic heterocycles. The highest BCUT2D eigenvalue weighted by atomic mass is 16.4. The lowest BCUT2D eigenvalue weighted by Gasteiger charge is -2.13. The van der Waals surface area contributed by atoms with Crippen LogP contribution in [0.5, 0.6) is 0 Å². The van der Waals surface area contributed by atoms with Crippen molar-refractivity contribution in [1.29, 1.82) is 0 Å². The Balaban J connectivity index is 2.00. The predicted octanol–water partition coefficient (Wildman–Crippen LogP) is 1.64. The Labute approximate surface area is 130 Å². The molecule has 9 heteroatoms. The maximum absolute atomic E-state index is 12.0. The number of amides is 1. The second-order valence-electron chi connectivity index (χ2n) is 5.90. The summed E-state index contributed by atoms with van der Waals surface area (Å²) in [6.07, 6.45) is 3.20. The molecule has 0 atom stereocenters. The second kappa shape index (κ2) is 4.51. The van der Waals surface area contributed by atoms with E-state index in [1.54, 1.807) is 6.92 Å². The Hall–Kier alpha value is -2.97.